The molecule has 1 N–H and O–H groups in total. The van der Waals surface area contributed by atoms with E-state index in [-0.39, 0.29) is 5.91 Å². The van der Waals surface area contributed by atoms with Crippen molar-refractivity contribution in [3.8, 4) is 17.2 Å². The number of nitrogens with zero attached hydrogens (tertiary/aromatic N) is 1. The van der Waals surface area contributed by atoms with Gasteiger partial charge >= 0.3 is 0 Å². The molecule has 0 fully saturated rings. The van der Waals surface area contributed by atoms with Crippen LogP contribution in [0.1, 0.15) is 22.1 Å². The van der Waals surface area contributed by atoms with Crippen LogP contribution in [-0.2, 0) is 0 Å². The van der Waals surface area contributed by atoms with Crippen molar-refractivity contribution in [2.75, 3.05) is 31.5 Å². The summed E-state index contributed by atoms with van der Waals surface area (Å²) in [6, 6.07) is 25.3. The molecular formula is C27H24N2O4. The van der Waals surface area contributed by atoms with Gasteiger partial charge in [-0.2, -0.15) is 0 Å². The third-order valence-electron chi connectivity index (χ3n) is 5.96. The Morgan fingerprint density at radius 1 is 0.788 bits per heavy atom. The smallest absolute Gasteiger partial charge is 0.262 e. The fraction of sp³-hybridized carbons (Fsp3) is 0.148. The molecule has 0 saturated heterocycles. The molecule has 0 unspecified atom stereocenters. The number of amides is 1. The monoisotopic (exact) mass is 440 g/mol. The summed E-state index contributed by atoms with van der Waals surface area (Å²) in [6.07, 6.45) is -0.494. The van der Waals surface area contributed by atoms with Gasteiger partial charge < -0.3 is 19.5 Å². The molecule has 6 nitrogen and oxygen atoms in total. The van der Waals surface area contributed by atoms with E-state index in [1.807, 2.05) is 78.9 Å². The first-order valence-corrected chi connectivity index (χ1v) is 10.6. The van der Waals surface area contributed by atoms with Gasteiger partial charge in [-0.25, -0.2) is 0 Å². The summed E-state index contributed by atoms with van der Waals surface area (Å²) in [5.41, 5.74) is 3.02. The number of ether oxygens (including phenoxy) is 3. The Bertz CT molecular complexity index is 1320. The molecule has 0 radical (unpaired) electrons. The van der Waals surface area contributed by atoms with Gasteiger partial charge in [0.1, 0.15) is 6.17 Å². The molecule has 4 aromatic carbocycles. The van der Waals surface area contributed by atoms with Crippen molar-refractivity contribution in [1.29, 1.82) is 0 Å². The molecule has 0 spiro atoms. The maximum Gasteiger partial charge on any atom is 0.262 e. The molecule has 0 aromatic heterocycles. The van der Waals surface area contributed by atoms with Gasteiger partial charge in [0.2, 0.25) is 5.75 Å². The Morgan fingerprint density at radius 2 is 1.45 bits per heavy atom. The average molecular weight is 440 g/mol. The van der Waals surface area contributed by atoms with E-state index in [0.29, 0.717) is 22.8 Å². The van der Waals surface area contributed by atoms with Crippen molar-refractivity contribution in [3.63, 3.8) is 0 Å². The predicted octanol–water partition coefficient (Wildman–Crippen LogP) is 5.64. The number of carbonyl (C=O) groups is 1. The number of hydrogen-bond acceptors (Lipinski definition) is 5. The van der Waals surface area contributed by atoms with Gasteiger partial charge in [-0.1, -0.05) is 48.5 Å². The molecule has 0 saturated carbocycles. The first-order valence-electron chi connectivity index (χ1n) is 10.6. The van der Waals surface area contributed by atoms with Crippen LogP contribution in [0.2, 0.25) is 0 Å². The lowest BCUT2D eigenvalue weighted by Gasteiger charge is -2.39. The lowest BCUT2D eigenvalue weighted by molar-refractivity contribution is 0.0975. The van der Waals surface area contributed by atoms with E-state index >= 15 is 0 Å². The zero-order valence-corrected chi connectivity index (χ0v) is 18.7. The highest BCUT2D eigenvalue weighted by Crippen LogP contribution is 2.44. The van der Waals surface area contributed by atoms with Crippen LogP contribution >= 0.6 is 0 Å². The normalized spacial score (nSPS) is 15.1. The molecule has 1 amide bonds. The summed E-state index contributed by atoms with van der Waals surface area (Å²) >= 11 is 0. The van der Waals surface area contributed by atoms with E-state index in [1.165, 1.54) is 0 Å². The Balaban J connectivity index is 1.75. The Hall–Kier alpha value is -4.19. The molecule has 0 bridgehead atoms. The molecule has 1 heterocycles. The standard InChI is InChI=1S/C27H24N2O4/c1-31-23-15-18(16-24(32-2)25(23)33-3)26-28-21-13-7-6-12-20(21)27(30)29(26)22-14-8-10-17-9-4-5-11-19(17)22/h4-16,26,28H,1-3H3/t26-/m1/s1. The first kappa shape index (κ1) is 20.7. The van der Waals surface area contributed by atoms with Gasteiger partial charge in [0, 0.05) is 16.6 Å². The van der Waals surface area contributed by atoms with Gasteiger partial charge in [-0.3, -0.25) is 9.69 Å². The molecule has 4 aromatic rings. The summed E-state index contributed by atoms with van der Waals surface area (Å²) in [5, 5.41) is 5.60. The van der Waals surface area contributed by atoms with Crippen molar-refractivity contribution in [1.82, 2.24) is 0 Å². The lowest BCUT2D eigenvalue weighted by Crippen LogP contribution is -2.43. The Morgan fingerprint density at radius 3 is 2.18 bits per heavy atom. The van der Waals surface area contributed by atoms with Crippen LogP contribution in [0.25, 0.3) is 10.8 Å². The molecular weight excluding hydrogens is 416 g/mol. The number of methoxy groups -OCH3 is 3. The molecule has 0 aliphatic carbocycles. The van der Waals surface area contributed by atoms with E-state index < -0.39 is 6.17 Å². The highest BCUT2D eigenvalue weighted by Gasteiger charge is 2.35. The van der Waals surface area contributed by atoms with Gasteiger partial charge in [-0.05, 0) is 35.7 Å². The number of hydrogen-bond donors (Lipinski definition) is 1. The number of carbonyl (C=O) groups excluding carboxylic acids is 1. The van der Waals surface area contributed by atoms with Crippen molar-refractivity contribution < 1.29 is 19.0 Å². The van der Waals surface area contributed by atoms with Gasteiger partial charge in [-0.15, -0.1) is 0 Å². The molecule has 166 valence electrons. The van der Waals surface area contributed by atoms with Crippen LogP contribution in [0.15, 0.2) is 78.9 Å². The second-order valence-corrected chi connectivity index (χ2v) is 7.72. The van der Waals surface area contributed by atoms with Gasteiger partial charge in [0.05, 0.1) is 32.6 Å². The summed E-state index contributed by atoms with van der Waals surface area (Å²) in [6.45, 7) is 0. The number of para-hydroxylation sites is 1. The first-order chi connectivity index (χ1) is 16.2. The molecule has 1 aliphatic heterocycles. The Labute approximate surface area is 192 Å². The summed E-state index contributed by atoms with van der Waals surface area (Å²) in [5.74, 6) is 1.47. The minimum atomic E-state index is -0.494. The number of benzene rings is 4. The quantitative estimate of drug-likeness (QED) is 0.435. The zero-order chi connectivity index (χ0) is 22.9. The number of nitrogens with one attached hydrogen (secondary N) is 1. The summed E-state index contributed by atoms with van der Waals surface area (Å²) in [7, 11) is 4.73. The fourth-order valence-corrected chi connectivity index (χ4v) is 4.41. The van der Waals surface area contributed by atoms with Crippen LogP contribution in [0.5, 0.6) is 17.2 Å². The van der Waals surface area contributed by atoms with E-state index in [9.17, 15) is 4.79 Å². The predicted molar refractivity (Wildman–Crippen MR) is 130 cm³/mol. The number of rotatable bonds is 5. The van der Waals surface area contributed by atoms with E-state index in [1.54, 1.807) is 26.2 Å². The van der Waals surface area contributed by atoms with Crippen LogP contribution < -0.4 is 24.4 Å². The molecule has 6 heteroatoms. The van der Waals surface area contributed by atoms with Crippen LogP contribution in [0, 0.1) is 0 Å². The average Bonchev–Trinajstić information content (AvgIpc) is 2.87. The van der Waals surface area contributed by atoms with Crippen molar-refractivity contribution in [3.05, 3.63) is 90.0 Å². The topological polar surface area (TPSA) is 60.0 Å². The molecule has 1 aliphatic rings. The second-order valence-electron chi connectivity index (χ2n) is 7.72. The highest BCUT2D eigenvalue weighted by atomic mass is 16.5. The highest BCUT2D eigenvalue weighted by molar-refractivity contribution is 6.15. The maximum atomic E-state index is 13.9. The minimum Gasteiger partial charge on any atom is -0.493 e. The van der Waals surface area contributed by atoms with E-state index in [4.69, 9.17) is 14.2 Å². The second kappa shape index (κ2) is 8.39. The Kier molecular flexibility index (Phi) is 5.26. The van der Waals surface area contributed by atoms with E-state index in [2.05, 4.69) is 5.32 Å². The van der Waals surface area contributed by atoms with E-state index in [0.717, 1.165) is 27.7 Å². The van der Waals surface area contributed by atoms with Crippen molar-refractivity contribution in [2.24, 2.45) is 0 Å². The third kappa shape index (κ3) is 3.40. The zero-order valence-electron chi connectivity index (χ0n) is 18.7. The largest absolute Gasteiger partial charge is 0.493 e. The number of fused-ring (bicyclic) bond motifs is 2. The maximum absolute atomic E-state index is 13.9. The number of anilines is 2. The fourth-order valence-electron chi connectivity index (χ4n) is 4.41. The SMILES string of the molecule is COc1cc([C@@H]2Nc3ccccc3C(=O)N2c2cccc3ccccc23)cc(OC)c1OC. The van der Waals surface area contributed by atoms with Crippen molar-refractivity contribution in [2.45, 2.75) is 6.17 Å². The molecule has 1 atom stereocenters. The third-order valence-corrected chi connectivity index (χ3v) is 5.96. The van der Waals surface area contributed by atoms with Crippen molar-refractivity contribution >= 4 is 28.1 Å². The molecule has 33 heavy (non-hydrogen) atoms. The van der Waals surface area contributed by atoms with Crippen LogP contribution in [0.4, 0.5) is 11.4 Å². The summed E-state index contributed by atoms with van der Waals surface area (Å²) < 4.78 is 16.7. The lowest BCUT2D eigenvalue weighted by atomic mass is 10.00. The molecule has 5 rings (SSSR count). The van der Waals surface area contributed by atoms with Crippen LogP contribution in [-0.4, -0.2) is 27.2 Å². The van der Waals surface area contributed by atoms with Gasteiger partial charge in [0.25, 0.3) is 5.91 Å². The minimum absolute atomic E-state index is 0.0838. The van der Waals surface area contributed by atoms with Gasteiger partial charge in [0.15, 0.2) is 11.5 Å². The van der Waals surface area contributed by atoms with Crippen LogP contribution in [0.3, 0.4) is 0 Å². The summed E-state index contributed by atoms with van der Waals surface area (Å²) in [4.78, 5) is 15.7.